The highest BCUT2D eigenvalue weighted by Crippen LogP contribution is 2.28. The molecule has 2 aliphatic heterocycles. The van der Waals surface area contributed by atoms with E-state index in [1.165, 1.54) is 0 Å². The summed E-state index contributed by atoms with van der Waals surface area (Å²) in [5, 5.41) is 3.16. The third-order valence-electron chi connectivity index (χ3n) is 3.42. The van der Waals surface area contributed by atoms with Crippen molar-refractivity contribution in [1.29, 1.82) is 0 Å². The Kier molecular flexibility index (Phi) is 3.42. The van der Waals surface area contributed by atoms with Crippen LogP contribution in [0.2, 0.25) is 0 Å². The molecule has 2 fully saturated rings. The quantitative estimate of drug-likeness (QED) is 0.741. The van der Waals surface area contributed by atoms with Crippen LogP contribution in [0.25, 0.3) is 0 Å². The Morgan fingerprint density at radius 2 is 1.94 bits per heavy atom. The molecule has 5 heteroatoms. The summed E-state index contributed by atoms with van der Waals surface area (Å²) in [5.41, 5.74) is 0. The monoisotopic (exact) mass is 232 g/mol. The summed E-state index contributed by atoms with van der Waals surface area (Å²) in [5.74, 6) is -2.56. The zero-order valence-corrected chi connectivity index (χ0v) is 9.35. The number of likely N-dealkylation sites (tertiary alicyclic amines) is 1. The molecule has 1 atom stereocenters. The van der Waals surface area contributed by atoms with Crippen LogP contribution in [0.5, 0.6) is 0 Å². The van der Waals surface area contributed by atoms with Crippen LogP contribution in [0.15, 0.2) is 0 Å². The zero-order chi connectivity index (χ0) is 11.6. The lowest BCUT2D eigenvalue weighted by Crippen LogP contribution is -2.52. The Balaban J connectivity index is 1.86. The van der Waals surface area contributed by atoms with E-state index in [-0.39, 0.29) is 37.9 Å². The number of carbonyl (C=O) groups excluding carboxylic acids is 1. The maximum Gasteiger partial charge on any atom is 0.251 e. The van der Waals surface area contributed by atoms with Crippen molar-refractivity contribution in [3.8, 4) is 0 Å². The van der Waals surface area contributed by atoms with Crippen molar-refractivity contribution in [3.05, 3.63) is 0 Å². The number of hydrogen-bond acceptors (Lipinski definition) is 2. The van der Waals surface area contributed by atoms with Gasteiger partial charge in [-0.1, -0.05) is 6.42 Å². The molecule has 0 aromatic rings. The molecule has 2 aliphatic rings. The fraction of sp³-hybridized carbons (Fsp3) is 0.909. The van der Waals surface area contributed by atoms with Crippen molar-refractivity contribution in [1.82, 2.24) is 10.2 Å². The van der Waals surface area contributed by atoms with E-state index in [1.807, 2.05) is 0 Å². The van der Waals surface area contributed by atoms with E-state index >= 15 is 0 Å². The van der Waals surface area contributed by atoms with Gasteiger partial charge in [0, 0.05) is 25.9 Å². The molecule has 0 aromatic heterocycles. The van der Waals surface area contributed by atoms with Gasteiger partial charge in [0.2, 0.25) is 5.91 Å². The van der Waals surface area contributed by atoms with Crippen molar-refractivity contribution in [2.45, 2.75) is 44.1 Å². The van der Waals surface area contributed by atoms with Gasteiger partial charge in [-0.3, -0.25) is 4.79 Å². The second kappa shape index (κ2) is 4.65. The van der Waals surface area contributed by atoms with E-state index in [2.05, 4.69) is 5.32 Å². The summed E-state index contributed by atoms with van der Waals surface area (Å²) in [7, 11) is 0. The van der Waals surface area contributed by atoms with Gasteiger partial charge in [0.1, 0.15) is 0 Å². The van der Waals surface area contributed by atoms with Crippen molar-refractivity contribution >= 4 is 5.91 Å². The largest absolute Gasteiger partial charge is 0.341 e. The Morgan fingerprint density at radius 3 is 2.50 bits per heavy atom. The molecular weight excluding hydrogens is 214 g/mol. The number of piperidine rings is 2. The molecule has 0 radical (unpaired) electrons. The fourth-order valence-electron chi connectivity index (χ4n) is 2.34. The summed E-state index contributed by atoms with van der Waals surface area (Å²) in [6.07, 6.45) is 2.61. The van der Waals surface area contributed by atoms with E-state index < -0.39 is 5.92 Å². The molecule has 0 bridgehead atoms. The van der Waals surface area contributed by atoms with Crippen LogP contribution in [0, 0.1) is 0 Å². The number of halogens is 2. The highest BCUT2D eigenvalue weighted by Gasteiger charge is 2.37. The fourth-order valence-corrected chi connectivity index (χ4v) is 2.34. The number of alkyl halides is 2. The molecule has 92 valence electrons. The summed E-state index contributed by atoms with van der Waals surface area (Å²) >= 11 is 0. The minimum Gasteiger partial charge on any atom is -0.341 e. The molecule has 0 aliphatic carbocycles. The van der Waals surface area contributed by atoms with Crippen molar-refractivity contribution < 1.29 is 13.6 Å². The van der Waals surface area contributed by atoms with Gasteiger partial charge in [0.05, 0.1) is 6.04 Å². The molecule has 2 rings (SSSR count). The lowest BCUT2D eigenvalue weighted by atomic mass is 10.0. The number of hydrogen-bond donors (Lipinski definition) is 1. The third-order valence-corrected chi connectivity index (χ3v) is 3.42. The maximum atomic E-state index is 12.9. The number of nitrogens with one attached hydrogen (secondary N) is 1. The average molecular weight is 232 g/mol. The van der Waals surface area contributed by atoms with Gasteiger partial charge < -0.3 is 10.2 Å². The first-order valence-corrected chi connectivity index (χ1v) is 5.98. The van der Waals surface area contributed by atoms with Gasteiger partial charge in [-0.15, -0.1) is 0 Å². The van der Waals surface area contributed by atoms with E-state index in [1.54, 1.807) is 4.90 Å². The molecule has 16 heavy (non-hydrogen) atoms. The first-order valence-electron chi connectivity index (χ1n) is 5.98. The van der Waals surface area contributed by atoms with Gasteiger partial charge in [-0.25, -0.2) is 8.78 Å². The van der Waals surface area contributed by atoms with Gasteiger partial charge in [-0.2, -0.15) is 0 Å². The molecule has 0 saturated carbocycles. The van der Waals surface area contributed by atoms with E-state index in [0.717, 1.165) is 25.8 Å². The number of nitrogens with zero attached hydrogens (tertiary/aromatic N) is 1. The molecule has 0 spiro atoms. The second-order valence-electron chi connectivity index (χ2n) is 4.68. The smallest absolute Gasteiger partial charge is 0.251 e. The van der Waals surface area contributed by atoms with Crippen LogP contribution in [0.1, 0.15) is 32.1 Å². The van der Waals surface area contributed by atoms with Gasteiger partial charge >= 0.3 is 0 Å². The van der Waals surface area contributed by atoms with Crippen molar-refractivity contribution in [2.75, 3.05) is 19.6 Å². The highest BCUT2D eigenvalue weighted by molar-refractivity contribution is 5.82. The van der Waals surface area contributed by atoms with Crippen LogP contribution in [-0.4, -0.2) is 42.4 Å². The first kappa shape index (κ1) is 11.8. The summed E-state index contributed by atoms with van der Waals surface area (Å²) in [4.78, 5) is 13.6. The predicted octanol–water partition coefficient (Wildman–Crippen LogP) is 1.39. The van der Waals surface area contributed by atoms with E-state index in [4.69, 9.17) is 0 Å². The Hall–Kier alpha value is -0.710. The van der Waals surface area contributed by atoms with Gasteiger partial charge in [0.15, 0.2) is 0 Å². The van der Waals surface area contributed by atoms with Gasteiger partial charge in [0.25, 0.3) is 5.92 Å². The Morgan fingerprint density at radius 1 is 1.25 bits per heavy atom. The van der Waals surface area contributed by atoms with Crippen LogP contribution in [-0.2, 0) is 4.79 Å². The molecule has 0 aromatic carbocycles. The average Bonchev–Trinajstić information content (AvgIpc) is 2.29. The van der Waals surface area contributed by atoms with Crippen LogP contribution >= 0.6 is 0 Å². The summed E-state index contributed by atoms with van der Waals surface area (Å²) in [6, 6.07) is -0.138. The summed E-state index contributed by atoms with van der Waals surface area (Å²) in [6.45, 7) is 1.26. The lowest BCUT2D eigenvalue weighted by molar-refractivity contribution is -0.140. The molecule has 3 nitrogen and oxygen atoms in total. The molecule has 1 amide bonds. The topological polar surface area (TPSA) is 32.3 Å². The van der Waals surface area contributed by atoms with Crippen molar-refractivity contribution in [3.63, 3.8) is 0 Å². The minimum atomic E-state index is -2.57. The zero-order valence-electron chi connectivity index (χ0n) is 9.35. The number of rotatable bonds is 1. The molecule has 0 unspecified atom stereocenters. The molecule has 2 heterocycles. The SMILES string of the molecule is O=C([C@H]1CCCCN1)N1CCC(F)(F)CC1. The Labute approximate surface area is 94.2 Å². The van der Waals surface area contributed by atoms with Crippen LogP contribution < -0.4 is 5.32 Å². The normalized spacial score (nSPS) is 30.1. The number of carbonyl (C=O) groups is 1. The molecule has 2 saturated heterocycles. The highest BCUT2D eigenvalue weighted by atomic mass is 19.3. The first-order chi connectivity index (χ1) is 7.58. The third kappa shape index (κ3) is 2.70. The lowest BCUT2D eigenvalue weighted by Gasteiger charge is -2.35. The number of amides is 1. The second-order valence-corrected chi connectivity index (χ2v) is 4.68. The van der Waals surface area contributed by atoms with E-state index in [0.29, 0.717) is 0 Å². The molecule has 1 N–H and O–H groups in total. The van der Waals surface area contributed by atoms with Crippen LogP contribution in [0.4, 0.5) is 8.78 Å². The minimum absolute atomic E-state index is 0.00944. The molecular formula is C11H18F2N2O. The summed E-state index contributed by atoms with van der Waals surface area (Å²) < 4.78 is 25.9. The predicted molar refractivity (Wildman–Crippen MR) is 56.4 cm³/mol. The van der Waals surface area contributed by atoms with E-state index in [9.17, 15) is 13.6 Å². The Bertz CT molecular complexity index is 255. The maximum absolute atomic E-state index is 12.9. The standard InChI is InChI=1S/C11H18F2N2O/c12-11(13)4-7-15(8-5-11)10(16)9-3-1-2-6-14-9/h9,14H,1-8H2/t9-/m1/s1. The van der Waals surface area contributed by atoms with Crippen molar-refractivity contribution in [2.24, 2.45) is 0 Å². The van der Waals surface area contributed by atoms with Crippen LogP contribution in [0.3, 0.4) is 0 Å². The van der Waals surface area contributed by atoms with Gasteiger partial charge in [-0.05, 0) is 19.4 Å².